The van der Waals surface area contributed by atoms with Gasteiger partial charge < -0.3 is 14.9 Å². The predicted molar refractivity (Wildman–Crippen MR) is 69.5 cm³/mol. The first-order chi connectivity index (χ1) is 8.45. The summed E-state index contributed by atoms with van der Waals surface area (Å²) in [5, 5.41) is 8.74. The summed E-state index contributed by atoms with van der Waals surface area (Å²) in [6.07, 6.45) is 2.04. The molecule has 0 aliphatic heterocycles. The molecule has 2 amide bonds. The Bertz CT molecular complexity index is 301. The Balaban J connectivity index is 2.59. The number of carboxylic acids is 1. The van der Waals surface area contributed by atoms with Crippen LogP contribution in [0.15, 0.2) is 0 Å². The monoisotopic (exact) mass is 256 g/mol. The maximum Gasteiger partial charge on any atom is 0.320 e. The molecule has 0 aromatic heterocycles. The molecule has 0 aromatic carbocycles. The van der Waals surface area contributed by atoms with Crippen molar-refractivity contribution in [1.82, 2.24) is 9.80 Å². The molecule has 5 heteroatoms. The molecule has 0 heterocycles. The summed E-state index contributed by atoms with van der Waals surface area (Å²) in [5.74, 6) is -0.421. The van der Waals surface area contributed by atoms with Gasteiger partial charge in [-0.3, -0.25) is 4.79 Å². The topological polar surface area (TPSA) is 60.9 Å². The molecule has 0 bridgehead atoms. The van der Waals surface area contributed by atoms with Crippen LogP contribution in [-0.4, -0.2) is 52.6 Å². The second-order valence-corrected chi connectivity index (χ2v) is 5.28. The van der Waals surface area contributed by atoms with Crippen LogP contribution in [0.2, 0.25) is 0 Å². The molecule has 1 aliphatic rings. The van der Waals surface area contributed by atoms with Crippen LogP contribution in [0.1, 0.15) is 40.0 Å². The van der Waals surface area contributed by atoms with Crippen LogP contribution in [0.3, 0.4) is 0 Å². The van der Waals surface area contributed by atoms with E-state index in [0.29, 0.717) is 19.0 Å². The van der Waals surface area contributed by atoms with Crippen molar-refractivity contribution in [2.75, 3.05) is 19.6 Å². The number of hydrogen-bond acceptors (Lipinski definition) is 2. The minimum atomic E-state index is -0.847. The zero-order chi connectivity index (χ0) is 13.7. The lowest BCUT2D eigenvalue weighted by molar-refractivity contribution is -0.137. The number of rotatable bonds is 7. The van der Waals surface area contributed by atoms with Gasteiger partial charge in [-0.1, -0.05) is 13.8 Å². The van der Waals surface area contributed by atoms with Crippen molar-refractivity contribution in [3.63, 3.8) is 0 Å². The van der Waals surface area contributed by atoms with E-state index in [1.165, 1.54) is 0 Å². The molecule has 1 aliphatic carbocycles. The lowest BCUT2D eigenvalue weighted by Crippen LogP contribution is -2.46. The summed E-state index contributed by atoms with van der Waals surface area (Å²) >= 11 is 0. The largest absolute Gasteiger partial charge is 0.481 e. The van der Waals surface area contributed by atoms with Gasteiger partial charge in [0, 0.05) is 25.7 Å². The average molecular weight is 256 g/mol. The Morgan fingerprint density at radius 2 is 1.94 bits per heavy atom. The fourth-order valence-corrected chi connectivity index (χ4v) is 2.00. The van der Waals surface area contributed by atoms with E-state index in [1.54, 1.807) is 4.90 Å². The van der Waals surface area contributed by atoms with Gasteiger partial charge in [-0.25, -0.2) is 4.79 Å². The number of carbonyl (C=O) groups excluding carboxylic acids is 1. The van der Waals surface area contributed by atoms with E-state index in [1.807, 2.05) is 11.8 Å². The zero-order valence-electron chi connectivity index (χ0n) is 11.6. The van der Waals surface area contributed by atoms with Gasteiger partial charge in [-0.2, -0.15) is 0 Å². The average Bonchev–Trinajstić information content (AvgIpc) is 3.09. The van der Waals surface area contributed by atoms with Gasteiger partial charge >= 0.3 is 12.0 Å². The van der Waals surface area contributed by atoms with E-state index >= 15 is 0 Å². The van der Waals surface area contributed by atoms with Crippen molar-refractivity contribution in [3.05, 3.63) is 0 Å². The van der Waals surface area contributed by atoms with Crippen LogP contribution in [-0.2, 0) is 4.79 Å². The normalized spacial score (nSPS) is 14.7. The second-order valence-electron chi connectivity index (χ2n) is 5.28. The zero-order valence-corrected chi connectivity index (χ0v) is 11.6. The van der Waals surface area contributed by atoms with Gasteiger partial charge in [0.05, 0.1) is 6.42 Å². The standard InChI is InChI=1S/C13H24N2O3/c1-4-14(9-10(2)3)13(18)15(11-5-6-11)8-7-12(16)17/h10-11H,4-9H2,1-3H3,(H,16,17). The summed E-state index contributed by atoms with van der Waals surface area (Å²) in [4.78, 5) is 26.5. The Morgan fingerprint density at radius 3 is 2.33 bits per heavy atom. The summed E-state index contributed by atoms with van der Waals surface area (Å²) in [6.45, 7) is 7.85. The van der Waals surface area contributed by atoms with E-state index in [0.717, 1.165) is 19.4 Å². The fourth-order valence-electron chi connectivity index (χ4n) is 2.00. The summed E-state index contributed by atoms with van der Waals surface area (Å²) in [6, 6.07) is 0.257. The number of hydrogen-bond donors (Lipinski definition) is 1. The van der Waals surface area contributed by atoms with Crippen LogP contribution >= 0.6 is 0 Å². The summed E-state index contributed by atoms with van der Waals surface area (Å²) in [5.41, 5.74) is 0. The first kappa shape index (κ1) is 14.8. The Hall–Kier alpha value is -1.26. The second kappa shape index (κ2) is 6.61. The van der Waals surface area contributed by atoms with E-state index < -0.39 is 5.97 Å². The van der Waals surface area contributed by atoms with Gasteiger partial charge in [-0.05, 0) is 25.7 Å². The molecule has 0 aromatic rings. The number of aliphatic carboxylic acids is 1. The summed E-state index contributed by atoms with van der Waals surface area (Å²) < 4.78 is 0. The van der Waals surface area contributed by atoms with Gasteiger partial charge in [0.15, 0.2) is 0 Å². The van der Waals surface area contributed by atoms with Crippen molar-refractivity contribution < 1.29 is 14.7 Å². The smallest absolute Gasteiger partial charge is 0.320 e. The minimum Gasteiger partial charge on any atom is -0.481 e. The lowest BCUT2D eigenvalue weighted by Gasteiger charge is -2.31. The highest BCUT2D eigenvalue weighted by Crippen LogP contribution is 2.28. The minimum absolute atomic E-state index is 0.00468. The molecular formula is C13H24N2O3. The van der Waals surface area contributed by atoms with Gasteiger partial charge in [0.2, 0.25) is 0 Å². The van der Waals surface area contributed by atoms with Crippen LogP contribution in [0, 0.1) is 5.92 Å². The number of nitrogens with zero attached hydrogens (tertiary/aromatic N) is 2. The van der Waals surface area contributed by atoms with Crippen molar-refractivity contribution >= 4 is 12.0 Å². The molecule has 1 saturated carbocycles. The SMILES string of the molecule is CCN(CC(C)C)C(=O)N(CCC(=O)O)C1CC1. The van der Waals surface area contributed by atoms with Crippen LogP contribution in [0.25, 0.3) is 0 Å². The van der Waals surface area contributed by atoms with Gasteiger partial charge in [0.1, 0.15) is 0 Å². The van der Waals surface area contributed by atoms with Crippen molar-refractivity contribution in [2.24, 2.45) is 5.92 Å². The van der Waals surface area contributed by atoms with E-state index in [-0.39, 0.29) is 18.5 Å². The maximum atomic E-state index is 12.4. The molecule has 0 unspecified atom stereocenters. The van der Waals surface area contributed by atoms with Crippen LogP contribution < -0.4 is 0 Å². The highest BCUT2D eigenvalue weighted by atomic mass is 16.4. The number of carbonyl (C=O) groups is 2. The third kappa shape index (κ3) is 4.55. The fraction of sp³-hybridized carbons (Fsp3) is 0.846. The molecule has 104 valence electrons. The van der Waals surface area contributed by atoms with Gasteiger partial charge in [0.25, 0.3) is 0 Å². The highest BCUT2D eigenvalue weighted by molar-refractivity contribution is 5.76. The Kier molecular flexibility index (Phi) is 5.44. The first-order valence-electron chi connectivity index (χ1n) is 6.73. The van der Waals surface area contributed by atoms with E-state index in [9.17, 15) is 9.59 Å². The molecule has 18 heavy (non-hydrogen) atoms. The van der Waals surface area contributed by atoms with Crippen LogP contribution in [0.4, 0.5) is 4.79 Å². The highest BCUT2D eigenvalue weighted by Gasteiger charge is 2.34. The molecule has 1 fully saturated rings. The Labute approximate surface area is 109 Å². The van der Waals surface area contributed by atoms with Crippen molar-refractivity contribution in [3.8, 4) is 0 Å². The molecule has 0 atom stereocenters. The third-order valence-corrected chi connectivity index (χ3v) is 3.04. The quantitative estimate of drug-likeness (QED) is 0.758. The molecular weight excluding hydrogens is 232 g/mol. The maximum absolute atomic E-state index is 12.4. The third-order valence-electron chi connectivity index (χ3n) is 3.04. The molecule has 1 N–H and O–H groups in total. The van der Waals surface area contributed by atoms with Crippen LogP contribution in [0.5, 0.6) is 0 Å². The van der Waals surface area contributed by atoms with Gasteiger partial charge in [-0.15, -0.1) is 0 Å². The van der Waals surface area contributed by atoms with E-state index in [4.69, 9.17) is 5.11 Å². The number of amides is 2. The number of carboxylic acid groups (broad SMARTS) is 1. The summed E-state index contributed by atoms with van der Waals surface area (Å²) in [7, 11) is 0. The lowest BCUT2D eigenvalue weighted by atomic mass is 10.2. The predicted octanol–water partition coefficient (Wildman–Crippen LogP) is 2.02. The van der Waals surface area contributed by atoms with E-state index in [2.05, 4.69) is 13.8 Å². The number of urea groups is 1. The molecule has 0 radical (unpaired) electrons. The molecule has 0 saturated heterocycles. The van der Waals surface area contributed by atoms with Crippen molar-refractivity contribution in [2.45, 2.75) is 46.1 Å². The first-order valence-corrected chi connectivity index (χ1v) is 6.73. The Morgan fingerprint density at radius 1 is 1.33 bits per heavy atom. The molecule has 1 rings (SSSR count). The molecule has 5 nitrogen and oxygen atoms in total. The van der Waals surface area contributed by atoms with Crippen molar-refractivity contribution in [1.29, 1.82) is 0 Å². The molecule has 0 spiro atoms.